The molecule has 0 aliphatic carbocycles. The van der Waals surface area contributed by atoms with E-state index in [0.717, 1.165) is 5.56 Å². The minimum Gasteiger partial charge on any atom is -0.344 e. The molecule has 0 aliphatic heterocycles. The first-order valence-corrected chi connectivity index (χ1v) is 6.75. The van der Waals surface area contributed by atoms with Gasteiger partial charge in [0.05, 0.1) is 12.2 Å². The molecule has 2 aromatic heterocycles. The number of amides is 1. The summed E-state index contributed by atoms with van der Waals surface area (Å²) in [6, 6.07) is 7.70. The molecule has 0 saturated heterocycles. The zero-order valence-electron chi connectivity index (χ0n) is 11.8. The van der Waals surface area contributed by atoms with Crippen molar-refractivity contribution < 1.29 is 9.18 Å². The molecule has 0 aliphatic rings. The van der Waals surface area contributed by atoms with Crippen LogP contribution in [0.25, 0.3) is 5.69 Å². The number of carbonyl (C=O) groups excluding carboxylic acids is 1. The number of nitrogens with one attached hydrogen (secondary N) is 2. The van der Waals surface area contributed by atoms with E-state index in [9.17, 15) is 9.18 Å². The molecule has 7 heteroatoms. The Morgan fingerprint density at radius 3 is 2.91 bits per heavy atom. The summed E-state index contributed by atoms with van der Waals surface area (Å²) in [5.41, 5.74) is 1.52. The first kappa shape index (κ1) is 14.0. The predicted molar refractivity (Wildman–Crippen MR) is 78.0 cm³/mol. The van der Waals surface area contributed by atoms with Crippen molar-refractivity contribution in [3.05, 3.63) is 66.0 Å². The highest BCUT2D eigenvalue weighted by Gasteiger charge is 2.15. The quantitative estimate of drug-likeness (QED) is 0.775. The molecule has 0 spiro atoms. The maximum absolute atomic E-state index is 13.7. The molecular formula is C15H14FN5O. The van der Waals surface area contributed by atoms with E-state index in [1.165, 1.54) is 16.9 Å². The molecule has 0 unspecified atom stereocenters. The second-order valence-electron chi connectivity index (χ2n) is 4.84. The smallest absolute Gasteiger partial charge is 0.269 e. The Hall–Kier alpha value is -2.96. The van der Waals surface area contributed by atoms with E-state index in [1.54, 1.807) is 36.7 Å². The van der Waals surface area contributed by atoms with Crippen LogP contribution < -0.4 is 5.32 Å². The fourth-order valence-electron chi connectivity index (χ4n) is 2.07. The van der Waals surface area contributed by atoms with Gasteiger partial charge in [0.1, 0.15) is 17.2 Å². The van der Waals surface area contributed by atoms with Gasteiger partial charge in [0.2, 0.25) is 0 Å². The van der Waals surface area contributed by atoms with Gasteiger partial charge in [0.15, 0.2) is 0 Å². The zero-order chi connectivity index (χ0) is 15.5. The molecular weight excluding hydrogens is 285 g/mol. The monoisotopic (exact) mass is 299 g/mol. The predicted octanol–water partition coefficient (Wildman–Crippen LogP) is 2.23. The summed E-state index contributed by atoms with van der Waals surface area (Å²) in [4.78, 5) is 12.0. The highest BCUT2D eigenvalue weighted by molar-refractivity contribution is 5.92. The third-order valence-electron chi connectivity index (χ3n) is 3.29. The van der Waals surface area contributed by atoms with Crippen molar-refractivity contribution in [2.24, 2.45) is 0 Å². The van der Waals surface area contributed by atoms with Gasteiger partial charge in [0.25, 0.3) is 5.91 Å². The highest BCUT2D eigenvalue weighted by atomic mass is 19.1. The van der Waals surface area contributed by atoms with Crippen molar-refractivity contribution >= 4 is 5.91 Å². The average Bonchev–Trinajstić information content (AvgIpc) is 3.19. The van der Waals surface area contributed by atoms with Crippen molar-refractivity contribution in [1.82, 2.24) is 25.3 Å². The number of benzene rings is 1. The van der Waals surface area contributed by atoms with E-state index in [2.05, 4.69) is 20.6 Å². The van der Waals surface area contributed by atoms with Crippen LogP contribution in [-0.2, 0) is 0 Å². The van der Waals surface area contributed by atoms with Gasteiger partial charge < -0.3 is 5.32 Å². The van der Waals surface area contributed by atoms with E-state index in [-0.39, 0.29) is 17.8 Å². The van der Waals surface area contributed by atoms with Gasteiger partial charge in [-0.05, 0) is 25.1 Å². The number of H-pyrrole nitrogens is 1. The Balaban J connectivity index is 1.76. The SMILES string of the molecule is C[C@@H](NC(=O)c1ccn[nH]1)c1cnn(-c2ccccc2F)c1. The van der Waals surface area contributed by atoms with Crippen LogP contribution in [0.4, 0.5) is 4.39 Å². The molecule has 112 valence electrons. The Labute approximate surface area is 126 Å². The third kappa shape index (κ3) is 2.73. The average molecular weight is 299 g/mol. The molecule has 1 aromatic carbocycles. The number of hydrogen-bond donors (Lipinski definition) is 2. The lowest BCUT2D eigenvalue weighted by Gasteiger charge is -2.11. The molecule has 2 N–H and O–H groups in total. The van der Waals surface area contributed by atoms with E-state index in [0.29, 0.717) is 11.4 Å². The molecule has 3 rings (SSSR count). The summed E-state index contributed by atoms with van der Waals surface area (Å²) >= 11 is 0. The van der Waals surface area contributed by atoms with Gasteiger partial charge in [-0.25, -0.2) is 9.07 Å². The number of nitrogens with zero attached hydrogens (tertiary/aromatic N) is 3. The third-order valence-corrected chi connectivity index (χ3v) is 3.29. The lowest BCUT2D eigenvalue weighted by molar-refractivity contribution is 0.0935. The minimum absolute atomic E-state index is 0.261. The molecule has 2 heterocycles. The summed E-state index contributed by atoms with van der Waals surface area (Å²) in [7, 11) is 0. The van der Waals surface area contributed by atoms with E-state index >= 15 is 0 Å². The standard InChI is InChI=1S/C15H14FN5O/c1-10(19-15(22)13-6-7-17-20-13)11-8-18-21(9-11)14-5-3-2-4-12(14)16/h2-10H,1H3,(H,17,20)(H,19,22)/t10-/m1/s1. The number of hydrogen-bond acceptors (Lipinski definition) is 3. The van der Waals surface area contributed by atoms with Gasteiger partial charge in [-0.15, -0.1) is 0 Å². The topological polar surface area (TPSA) is 75.6 Å². The second-order valence-corrected chi connectivity index (χ2v) is 4.84. The number of para-hydroxylation sites is 1. The van der Waals surface area contributed by atoms with Gasteiger partial charge in [-0.3, -0.25) is 9.89 Å². The molecule has 0 bridgehead atoms. The fourth-order valence-corrected chi connectivity index (χ4v) is 2.07. The van der Waals surface area contributed by atoms with Gasteiger partial charge in [-0.2, -0.15) is 10.2 Å². The van der Waals surface area contributed by atoms with Crippen molar-refractivity contribution in [3.8, 4) is 5.69 Å². The van der Waals surface area contributed by atoms with Crippen LogP contribution in [0.3, 0.4) is 0 Å². The van der Waals surface area contributed by atoms with Crippen LogP contribution in [-0.4, -0.2) is 25.9 Å². The maximum Gasteiger partial charge on any atom is 0.269 e. The van der Waals surface area contributed by atoms with Gasteiger partial charge >= 0.3 is 0 Å². The normalized spacial score (nSPS) is 12.1. The van der Waals surface area contributed by atoms with Crippen molar-refractivity contribution in [2.45, 2.75) is 13.0 Å². The summed E-state index contributed by atoms with van der Waals surface area (Å²) in [5, 5.41) is 13.3. The molecule has 3 aromatic rings. The largest absolute Gasteiger partial charge is 0.344 e. The molecule has 1 atom stereocenters. The summed E-state index contributed by atoms with van der Waals surface area (Å²) in [5.74, 6) is -0.616. The number of aromatic nitrogens is 4. The first-order valence-electron chi connectivity index (χ1n) is 6.75. The molecule has 0 fully saturated rings. The second kappa shape index (κ2) is 5.80. The maximum atomic E-state index is 13.7. The first-order chi connectivity index (χ1) is 10.6. The highest BCUT2D eigenvalue weighted by Crippen LogP contribution is 2.16. The van der Waals surface area contributed by atoms with Crippen LogP contribution in [0.5, 0.6) is 0 Å². The van der Waals surface area contributed by atoms with Crippen LogP contribution >= 0.6 is 0 Å². The number of rotatable bonds is 4. The Kier molecular flexibility index (Phi) is 3.69. The number of halogens is 1. The molecule has 22 heavy (non-hydrogen) atoms. The van der Waals surface area contributed by atoms with Gasteiger partial charge in [0, 0.05) is 18.0 Å². The van der Waals surface area contributed by atoms with Crippen LogP contribution in [0.2, 0.25) is 0 Å². The zero-order valence-corrected chi connectivity index (χ0v) is 11.8. The Morgan fingerprint density at radius 1 is 1.36 bits per heavy atom. The Bertz CT molecular complexity index is 781. The molecule has 0 radical (unpaired) electrons. The van der Waals surface area contributed by atoms with E-state index < -0.39 is 0 Å². The van der Waals surface area contributed by atoms with Crippen molar-refractivity contribution in [3.63, 3.8) is 0 Å². The van der Waals surface area contributed by atoms with Crippen LogP contribution in [0.15, 0.2) is 48.9 Å². The molecule has 6 nitrogen and oxygen atoms in total. The van der Waals surface area contributed by atoms with Crippen LogP contribution in [0.1, 0.15) is 29.0 Å². The Morgan fingerprint density at radius 2 is 2.18 bits per heavy atom. The molecule has 0 saturated carbocycles. The van der Waals surface area contributed by atoms with Crippen molar-refractivity contribution in [1.29, 1.82) is 0 Å². The summed E-state index contributed by atoms with van der Waals surface area (Å²) in [6.07, 6.45) is 4.80. The number of carbonyl (C=O) groups is 1. The summed E-state index contributed by atoms with van der Waals surface area (Å²) < 4.78 is 15.2. The van der Waals surface area contributed by atoms with E-state index in [1.807, 2.05) is 6.92 Å². The number of aromatic amines is 1. The minimum atomic E-state index is -0.355. The van der Waals surface area contributed by atoms with Crippen molar-refractivity contribution in [2.75, 3.05) is 0 Å². The van der Waals surface area contributed by atoms with E-state index in [4.69, 9.17) is 0 Å². The van der Waals surface area contributed by atoms with Crippen LogP contribution in [0, 0.1) is 5.82 Å². The lowest BCUT2D eigenvalue weighted by Crippen LogP contribution is -2.26. The summed E-state index contributed by atoms with van der Waals surface area (Å²) in [6.45, 7) is 1.83. The van der Waals surface area contributed by atoms with Gasteiger partial charge in [-0.1, -0.05) is 12.1 Å². The molecule has 1 amide bonds. The fraction of sp³-hybridized carbons (Fsp3) is 0.133. The lowest BCUT2D eigenvalue weighted by atomic mass is 10.2.